The van der Waals surface area contributed by atoms with Crippen LogP contribution in [0.3, 0.4) is 0 Å². The van der Waals surface area contributed by atoms with E-state index in [1.165, 1.54) is 50.3 Å². The van der Waals surface area contributed by atoms with E-state index in [1.807, 2.05) is 18.2 Å². The molecule has 1 aliphatic heterocycles. The zero-order valence-corrected chi connectivity index (χ0v) is 18.7. The Morgan fingerprint density at radius 3 is 2.60 bits per heavy atom. The van der Waals surface area contributed by atoms with Gasteiger partial charge in [-0.3, -0.25) is 14.3 Å². The Labute approximate surface area is 183 Å². The normalized spacial score (nSPS) is 22.7. The number of piperidine rings is 1. The maximum absolute atomic E-state index is 12.6. The van der Waals surface area contributed by atoms with Gasteiger partial charge in [-0.1, -0.05) is 56.1 Å². The van der Waals surface area contributed by atoms with E-state index in [1.54, 1.807) is 0 Å². The number of benzene rings is 1. The molecule has 2 aliphatic rings. The third-order valence-corrected chi connectivity index (χ3v) is 7.25. The number of carbonyl (C=O) groups is 1. The first kappa shape index (κ1) is 21.4. The van der Waals surface area contributed by atoms with Crippen LogP contribution in [0.5, 0.6) is 0 Å². The van der Waals surface area contributed by atoms with Crippen molar-refractivity contribution >= 4 is 17.7 Å². The van der Waals surface area contributed by atoms with Crippen LogP contribution in [0.15, 0.2) is 35.5 Å². The van der Waals surface area contributed by atoms with Crippen molar-refractivity contribution in [2.75, 3.05) is 18.8 Å². The Kier molecular flexibility index (Phi) is 7.44. The number of likely N-dealkylation sites (tertiary alicyclic amines) is 1. The standard InChI is InChI=1S/C23H33N5OS/c1-18-10-6-7-13-20(18)24-22(29)17-30-23-26-25-21(16-27-14-8-3-9-15-27)28(23)19-11-4-2-5-12-19/h2,4-5,11-12,18,20H,3,6-10,13-17H2,1H3,(H,24,29). The minimum Gasteiger partial charge on any atom is -0.352 e. The van der Waals surface area contributed by atoms with Gasteiger partial charge in [0.1, 0.15) is 0 Å². The van der Waals surface area contributed by atoms with Crippen LogP contribution >= 0.6 is 11.8 Å². The first-order valence-electron chi connectivity index (χ1n) is 11.3. The second-order valence-corrected chi connectivity index (χ2v) is 9.57. The van der Waals surface area contributed by atoms with Crippen LogP contribution in [0, 0.1) is 5.92 Å². The zero-order chi connectivity index (χ0) is 20.8. The first-order valence-corrected chi connectivity index (χ1v) is 12.3. The summed E-state index contributed by atoms with van der Waals surface area (Å²) in [6.45, 7) is 5.28. The third kappa shape index (κ3) is 5.43. The van der Waals surface area contributed by atoms with Gasteiger partial charge in [-0.25, -0.2) is 0 Å². The third-order valence-electron chi connectivity index (χ3n) is 6.32. The van der Waals surface area contributed by atoms with Crippen LogP contribution in [0.4, 0.5) is 0 Å². The fourth-order valence-corrected chi connectivity index (χ4v) is 5.34. The summed E-state index contributed by atoms with van der Waals surface area (Å²) in [5.41, 5.74) is 1.05. The second-order valence-electron chi connectivity index (χ2n) is 8.63. The number of amides is 1. The van der Waals surface area contributed by atoms with Crippen LogP contribution in [0.25, 0.3) is 5.69 Å². The monoisotopic (exact) mass is 427 g/mol. The molecule has 1 aliphatic carbocycles. The van der Waals surface area contributed by atoms with E-state index >= 15 is 0 Å². The van der Waals surface area contributed by atoms with Crippen molar-refractivity contribution in [1.82, 2.24) is 25.0 Å². The highest BCUT2D eigenvalue weighted by Crippen LogP contribution is 2.26. The maximum Gasteiger partial charge on any atom is 0.230 e. The fraction of sp³-hybridized carbons (Fsp3) is 0.609. The highest BCUT2D eigenvalue weighted by Gasteiger charge is 2.24. The summed E-state index contributed by atoms with van der Waals surface area (Å²) < 4.78 is 2.12. The van der Waals surface area contributed by atoms with E-state index in [0.29, 0.717) is 17.7 Å². The summed E-state index contributed by atoms with van der Waals surface area (Å²) in [6, 6.07) is 10.6. The van der Waals surface area contributed by atoms with Crippen LogP contribution < -0.4 is 5.32 Å². The zero-order valence-electron chi connectivity index (χ0n) is 17.9. The molecule has 162 valence electrons. The topological polar surface area (TPSA) is 63.1 Å². The van der Waals surface area contributed by atoms with Gasteiger partial charge in [0.2, 0.25) is 5.91 Å². The fourth-order valence-electron chi connectivity index (χ4n) is 4.56. The molecule has 1 saturated carbocycles. The van der Waals surface area contributed by atoms with Crippen LogP contribution in [-0.4, -0.2) is 50.5 Å². The Bertz CT molecular complexity index is 818. The van der Waals surface area contributed by atoms with E-state index in [9.17, 15) is 4.79 Å². The number of thioether (sulfide) groups is 1. The van der Waals surface area contributed by atoms with Gasteiger partial charge in [-0.15, -0.1) is 10.2 Å². The van der Waals surface area contributed by atoms with Gasteiger partial charge in [0.15, 0.2) is 11.0 Å². The van der Waals surface area contributed by atoms with E-state index in [2.05, 4.69) is 44.0 Å². The number of nitrogens with one attached hydrogen (secondary N) is 1. The molecule has 0 radical (unpaired) electrons. The molecule has 30 heavy (non-hydrogen) atoms. The van der Waals surface area contributed by atoms with Crippen LogP contribution in [-0.2, 0) is 11.3 Å². The Hall–Kier alpha value is -1.86. The van der Waals surface area contributed by atoms with E-state index in [4.69, 9.17) is 0 Å². The molecule has 2 heterocycles. The minimum absolute atomic E-state index is 0.0962. The van der Waals surface area contributed by atoms with Crippen LogP contribution in [0.1, 0.15) is 57.7 Å². The molecule has 2 atom stereocenters. The molecule has 2 fully saturated rings. The number of para-hydroxylation sites is 1. The molecular weight excluding hydrogens is 394 g/mol. The van der Waals surface area contributed by atoms with E-state index in [-0.39, 0.29) is 5.91 Å². The lowest BCUT2D eigenvalue weighted by Crippen LogP contribution is -2.41. The van der Waals surface area contributed by atoms with E-state index < -0.39 is 0 Å². The van der Waals surface area contributed by atoms with Crippen molar-refractivity contribution in [3.8, 4) is 5.69 Å². The number of aromatic nitrogens is 3. The van der Waals surface area contributed by atoms with Gasteiger partial charge in [0, 0.05) is 11.7 Å². The van der Waals surface area contributed by atoms with Crippen molar-refractivity contribution in [3.63, 3.8) is 0 Å². The Morgan fingerprint density at radius 2 is 1.83 bits per heavy atom. The van der Waals surface area contributed by atoms with Gasteiger partial charge < -0.3 is 5.32 Å². The van der Waals surface area contributed by atoms with Gasteiger partial charge in [0.05, 0.1) is 12.3 Å². The predicted molar refractivity (Wildman–Crippen MR) is 121 cm³/mol. The summed E-state index contributed by atoms with van der Waals surface area (Å²) in [7, 11) is 0. The van der Waals surface area contributed by atoms with Crippen molar-refractivity contribution in [2.24, 2.45) is 5.92 Å². The highest BCUT2D eigenvalue weighted by molar-refractivity contribution is 7.99. The maximum atomic E-state index is 12.6. The SMILES string of the molecule is CC1CCCCC1NC(=O)CSc1nnc(CN2CCCCC2)n1-c1ccccc1. The molecule has 4 rings (SSSR count). The molecule has 0 spiro atoms. The Morgan fingerprint density at radius 1 is 1.07 bits per heavy atom. The molecular formula is C23H33N5OS. The molecule has 2 aromatic rings. The summed E-state index contributed by atoms with van der Waals surface area (Å²) in [5.74, 6) is 1.99. The van der Waals surface area contributed by atoms with Crippen molar-refractivity contribution in [3.05, 3.63) is 36.2 Å². The van der Waals surface area contributed by atoms with Gasteiger partial charge in [-0.05, 0) is 56.8 Å². The summed E-state index contributed by atoms with van der Waals surface area (Å²) >= 11 is 1.48. The lowest BCUT2D eigenvalue weighted by atomic mass is 9.86. The lowest BCUT2D eigenvalue weighted by Gasteiger charge is -2.29. The number of carbonyl (C=O) groups excluding carboxylic acids is 1. The quantitative estimate of drug-likeness (QED) is 0.676. The molecule has 1 aromatic carbocycles. The van der Waals surface area contributed by atoms with Crippen LogP contribution in [0.2, 0.25) is 0 Å². The summed E-state index contributed by atoms with van der Waals surface area (Å²) in [6.07, 6.45) is 8.62. The summed E-state index contributed by atoms with van der Waals surface area (Å²) in [5, 5.41) is 13.0. The molecule has 1 amide bonds. The molecule has 0 bridgehead atoms. The second kappa shape index (κ2) is 10.4. The molecule has 7 heteroatoms. The van der Waals surface area contributed by atoms with Gasteiger partial charge >= 0.3 is 0 Å². The average Bonchev–Trinajstić information content (AvgIpc) is 3.17. The predicted octanol–water partition coefficient (Wildman–Crippen LogP) is 4.04. The molecule has 6 nitrogen and oxygen atoms in total. The molecule has 2 unspecified atom stereocenters. The van der Waals surface area contributed by atoms with Gasteiger partial charge in [0.25, 0.3) is 0 Å². The minimum atomic E-state index is 0.0962. The molecule has 1 saturated heterocycles. The average molecular weight is 428 g/mol. The molecule has 1 aromatic heterocycles. The first-order chi connectivity index (χ1) is 14.7. The number of hydrogen-bond donors (Lipinski definition) is 1. The van der Waals surface area contributed by atoms with Crippen molar-refractivity contribution in [1.29, 1.82) is 0 Å². The summed E-state index contributed by atoms with van der Waals surface area (Å²) in [4.78, 5) is 15.1. The van der Waals surface area contributed by atoms with Crippen molar-refractivity contribution < 1.29 is 4.79 Å². The number of hydrogen-bond acceptors (Lipinski definition) is 5. The smallest absolute Gasteiger partial charge is 0.230 e. The molecule has 1 N–H and O–H groups in total. The van der Waals surface area contributed by atoms with E-state index in [0.717, 1.165) is 42.7 Å². The van der Waals surface area contributed by atoms with Gasteiger partial charge in [-0.2, -0.15) is 0 Å². The lowest BCUT2D eigenvalue weighted by molar-refractivity contribution is -0.119. The largest absolute Gasteiger partial charge is 0.352 e. The number of nitrogens with zero attached hydrogens (tertiary/aromatic N) is 4. The Balaban J connectivity index is 1.44. The van der Waals surface area contributed by atoms with Crippen molar-refractivity contribution in [2.45, 2.75) is 69.6 Å². The highest BCUT2D eigenvalue weighted by atomic mass is 32.2. The number of rotatable bonds is 7.